The van der Waals surface area contributed by atoms with Crippen LogP contribution in [0.5, 0.6) is 5.75 Å². The van der Waals surface area contributed by atoms with Crippen LogP contribution >= 0.6 is 11.6 Å². The molecule has 2 aliphatic rings. The van der Waals surface area contributed by atoms with Gasteiger partial charge in [-0.05, 0) is 30.3 Å². The zero-order chi connectivity index (χ0) is 27.7. The highest BCUT2D eigenvalue weighted by atomic mass is 35.5. The molecule has 14 heteroatoms. The summed E-state index contributed by atoms with van der Waals surface area (Å²) in [4.78, 5) is 34.4. The number of amides is 1. The fraction of sp³-hybridized carbons (Fsp3) is 0.320. The van der Waals surface area contributed by atoms with Gasteiger partial charge in [-0.2, -0.15) is 23.5 Å². The number of halogens is 4. The molecule has 2 aromatic heterocycles. The van der Waals surface area contributed by atoms with Crippen molar-refractivity contribution in [3.05, 3.63) is 69.1 Å². The Kier molecular flexibility index (Phi) is 7.05. The molecule has 10 nitrogen and oxygen atoms in total. The van der Waals surface area contributed by atoms with Gasteiger partial charge in [0.1, 0.15) is 29.3 Å². The molecule has 0 saturated carbocycles. The van der Waals surface area contributed by atoms with Gasteiger partial charge in [0.2, 0.25) is 5.91 Å². The highest BCUT2D eigenvalue weighted by Crippen LogP contribution is 2.40. The highest BCUT2D eigenvalue weighted by Gasteiger charge is 2.37. The zero-order valence-corrected chi connectivity index (χ0v) is 21.0. The average Bonchev–Trinajstić information content (AvgIpc) is 2.92. The fourth-order valence-corrected chi connectivity index (χ4v) is 4.70. The number of benzene rings is 1. The normalized spacial score (nSPS) is 17.3. The van der Waals surface area contributed by atoms with E-state index < -0.39 is 23.4 Å². The van der Waals surface area contributed by atoms with Gasteiger partial charge in [-0.3, -0.25) is 9.59 Å². The van der Waals surface area contributed by atoms with Gasteiger partial charge in [0.15, 0.2) is 5.82 Å². The van der Waals surface area contributed by atoms with Crippen molar-refractivity contribution in [2.75, 3.05) is 42.5 Å². The van der Waals surface area contributed by atoms with Crippen molar-refractivity contribution in [2.24, 2.45) is 0 Å². The minimum absolute atomic E-state index is 0.00451. The number of anilines is 3. The lowest BCUT2D eigenvalue weighted by molar-refractivity contribution is -0.138. The Morgan fingerprint density at radius 1 is 1.15 bits per heavy atom. The molecule has 0 unspecified atom stereocenters. The topological polar surface area (TPSA) is 118 Å². The monoisotopic (exact) mass is 559 g/mol. The van der Waals surface area contributed by atoms with E-state index in [1.807, 2.05) is 16.1 Å². The first-order valence-electron chi connectivity index (χ1n) is 11.9. The van der Waals surface area contributed by atoms with Crippen molar-refractivity contribution in [3.8, 4) is 11.8 Å². The number of piperazine rings is 1. The maximum atomic E-state index is 13.4. The third-order valence-corrected chi connectivity index (χ3v) is 6.73. The van der Waals surface area contributed by atoms with Crippen LogP contribution < -0.4 is 20.1 Å². The number of ether oxygens (including phenoxy) is 1. The molecule has 1 atom stereocenters. The predicted octanol–water partition coefficient (Wildman–Crippen LogP) is 3.35. The van der Waals surface area contributed by atoms with Gasteiger partial charge in [0.25, 0.3) is 5.56 Å². The van der Waals surface area contributed by atoms with E-state index in [9.17, 15) is 22.8 Å². The van der Waals surface area contributed by atoms with E-state index in [-0.39, 0.29) is 24.7 Å². The van der Waals surface area contributed by atoms with E-state index in [0.29, 0.717) is 60.1 Å². The second-order valence-electron chi connectivity index (χ2n) is 9.02. The molecule has 1 saturated heterocycles. The molecule has 202 valence electrons. The quantitative estimate of drug-likeness (QED) is 0.517. The molecule has 0 spiro atoms. The lowest BCUT2D eigenvalue weighted by Crippen LogP contribution is -2.50. The van der Waals surface area contributed by atoms with Gasteiger partial charge in [-0.15, -0.1) is 0 Å². The molecule has 2 aliphatic heterocycles. The molecule has 0 radical (unpaired) electrons. The molecular formula is C25H21ClF3N7O3. The number of hydrogen-bond acceptors (Lipinski definition) is 8. The molecule has 39 heavy (non-hydrogen) atoms. The van der Waals surface area contributed by atoms with Gasteiger partial charge in [-0.25, -0.2) is 10.1 Å². The Bertz CT molecular complexity index is 1480. The molecular weight excluding hydrogens is 539 g/mol. The van der Waals surface area contributed by atoms with Crippen LogP contribution in [-0.4, -0.2) is 64.8 Å². The number of pyridine rings is 1. The maximum absolute atomic E-state index is 13.4. The third-order valence-electron chi connectivity index (χ3n) is 6.50. The second-order valence-corrected chi connectivity index (χ2v) is 9.45. The predicted molar refractivity (Wildman–Crippen MR) is 135 cm³/mol. The van der Waals surface area contributed by atoms with Crippen molar-refractivity contribution in [2.45, 2.75) is 18.7 Å². The number of nitrogens with one attached hydrogen (secondary N) is 1. The van der Waals surface area contributed by atoms with Crippen LogP contribution in [0.1, 0.15) is 17.5 Å². The Hall–Kier alpha value is -4.31. The summed E-state index contributed by atoms with van der Waals surface area (Å²) in [5.41, 5.74) is -1.91. The Morgan fingerprint density at radius 2 is 1.92 bits per heavy atom. The molecule has 0 aliphatic carbocycles. The lowest BCUT2D eigenvalue weighted by atomic mass is 10.1. The number of nitrogens with zero attached hydrogens (tertiary/aromatic N) is 6. The van der Waals surface area contributed by atoms with Crippen LogP contribution in [0.15, 0.2) is 47.4 Å². The molecule has 4 heterocycles. The van der Waals surface area contributed by atoms with E-state index in [0.717, 1.165) is 0 Å². The number of alkyl halides is 3. The van der Waals surface area contributed by atoms with Crippen LogP contribution in [-0.2, 0) is 11.0 Å². The number of H-pyrrole nitrogens is 1. The number of nitriles is 1. The van der Waals surface area contributed by atoms with Crippen LogP contribution in [0.3, 0.4) is 0 Å². The fourth-order valence-electron chi connectivity index (χ4n) is 4.54. The summed E-state index contributed by atoms with van der Waals surface area (Å²) in [5.74, 6) is 0.709. The largest absolute Gasteiger partial charge is 0.486 e. The summed E-state index contributed by atoms with van der Waals surface area (Å²) < 4.78 is 46.2. The molecule has 5 rings (SSSR count). The van der Waals surface area contributed by atoms with Crippen LogP contribution in [0.25, 0.3) is 0 Å². The minimum Gasteiger partial charge on any atom is -0.486 e. The number of fused-ring (bicyclic) bond motifs is 1. The first-order valence-corrected chi connectivity index (χ1v) is 12.3. The number of hydrogen-bond donors (Lipinski definition) is 1. The van der Waals surface area contributed by atoms with Crippen molar-refractivity contribution >= 4 is 34.8 Å². The minimum atomic E-state index is -4.88. The number of aromatic nitrogens is 3. The summed E-state index contributed by atoms with van der Waals surface area (Å²) in [6.45, 7) is 1.99. The van der Waals surface area contributed by atoms with Crippen LogP contribution in [0, 0.1) is 11.3 Å². The Balaban J connectivity index is 1.30. The number of rotatable bonds is 4. The first-order chi connectivity index (χ1) is 18.6. The number of carbonyl (C=O) groups is 1. The molecule has 1 N–H and O–H groups in total. The van der Waals surface area contributed by atoms with Crippen molar-refractivity contribution in [1.82, 2.24) is 20.1 Å². The number of carbonyl (C=O) groups excluding carboxylic acids is 1. The SMILES string of the molecule is N#Cc1ccc(N2CCN(C(=O)C[C@H]3CN(c4cc(C(F)(F)F)c(=O)[nH]n4)c4cc(Cl)ccc4O3)CC2)nc1. The zero-order valence-electron chi connectivity index (χ0n) is 20.3. The first kappa shape index (κ1) is 26.3. The van der Waals surface area contributed by atoms with Gasteiger partial charge in [-0.1, -0.05) is 11.6 Å². The Morgan fingerprint density at radius 3 is 2.59 bits per heavy atom. The van der Waals surface area contributed by atoms with E-state index in [2.05, 4.69) is 10.1 Å². The van der Waals surface area contributed by atoms with Crippen LogP contribution in [0.4, 0.5) is 30.5 Å². The average molecular weight is 560 g/mol. The van der Waals surface area contributed by atoms with Gasteiger partial charge < -0.3 is 19.4 Å². The van der Waals surface area contributed by atoms with Crippen molar-refractivity contribution < 1.29 is 22.7 Å². The smallest absolute Gasteiger partial charge is 0.421 e. The third kappa shape index (κ3) is 5.61. The van der Waals surface area contributed by atoms with E-state index in [4.69, 9.17) is 21.6 Å². The molecule has 1 fully saturated rings. The summed E-state index contributed by atoms with van der Waals surface area (Å²) in [6.07, 6.45) is -4.10. The van der Waals surface area contributed by atoms with Crippen molar-refractivity contribution in [3.63, 3.8) is 0 Å². The summed E-state index contributed by atoms with van der Waals surface area (Å²) in [5, 5.41) is 15.0. The lowest BCUT2D eigenvalue weighted by Gasteiger charge is -2.38. The maximum Gasteiger partial charge on any atom is 0.421 e. The van der Waals surface area contributed by atoms with Gasteiger partial charge >= 0.3 is 6.18 Å². The van der Waals surface area contributed by atoms with E-state index >= 15 is 0 Å². The Labute approximate surface area is 225 Å². The van der Waals surface area contributed by atoms with E-state index in [1.165, 1.54) is 17.2 Å². The highest BCUT2D eigenvalue weighted by molar-refractivity contribution is 6.31. The standard InChI is InChI=1S/C25H21ClF3N7O3/c26-16-2-3-20-19(9-16)36(22-11-18(25(27,28)29)24(38)33-32-22)14-17(39-20)10-23(37)35-7-5-34(6-8-35)21-4-1-15(12-30)13-31-21/h1-4,9,11,13,17H,5-8,10,14H2,(H,33,38)/t17-/m0/s1. The van der Waals surface area contributed by atoms with Crippen molar-refractivity contribution in [1.29, 1.82) is 5.26 Å². The second kappa shape index (κ2) is 10.5. The van der Waals surface area contributed by atoms with Crippen LogP contribution in [0.2, 0.25) is 5.02 Å². The molecule has 1 aromatic carbocycles. The summed E-state index contributed by atoms with van der Waals surface area (Å²) in [6, 6.07) is 10.8. The summed E-state index contributed by atoms with van der Waals surface area (Å²) in [7, 11) is 0. The molecule has 1 amide bonds. The van der Waals surface area contributed by atoms with E-state index in [1.54, 1.807) is 29.2 Å². The number of aromatic amines is 1. The molecule has 0 bridgehead atoms. The summed E-state index contributed by atoms with van der Waals surface area (Å²) >= 11 is 6.13. The molecule has 3 aromatic rings. The van der Waals surface area contributed by atoms with Gasteiger partial charge in [0, 0.05) is 43.5 Å². The van der Waals surface area contributed by atoms with Gasteiger partial charge in [0.05, 0.1) is 24.2 Å².